The van der Waals surface area contributed by atoms with Gasteiger partial charge in [-0.25, -0.2) is 8.78 Å². The first kappa shape index (κ1) is 12.3. The maximum absolute atomic E-state index is 13.3. The quantitative estimate of drug-likeness (QED) is 0.854. The van der Waals surface area contributed by atoms with E-state index >= 15 is 0 Å². The molecule has 1 aromatic rings. The average Bonchev–Trinajstić information content (AvgIpc) is 2.74. The van der Waals surface area contributed by atoms with Gasteiger partial charge in [-0.05, 0) is 34.5 Å². The summed E-state index contributed by atoms with van der Waals surface area (Å²) in [6.07, 6.45) is 0.495. The smallest absolute Gasteiger partial charge is 0.308 e. The van der Waals surface area contributed by atoms with E-state index < -0.39 is 23.5 Å². The standard InChI is InChI=1S/C11H10BrF2NO2/c12-10-8(13)3-7(4-9(10)14)15-2-1-6(5-15)11(16)17/h3-4,6H,1-2,5H2,(H,16,17)/t6-/m1/s1. The molecule has 0 unspecified atom stereocenters. The second-order valence-corrected chi connectivity index (χ2v) is 4.79. The molecule has 0 bridgehead atoms. The highest BCUT2D eigenvalue weighted by Gasteiger charge is 2.28. The number of benzene rings is 1. The minimum atomic E-state index is -0.870. The zero-order chi connectivity index (χ0) is 12.6. The molecule has 1 N–H and O–H groups in total. The van der Waals surface area contributed by atoms with Crippen molar-refractivity contribution in [2.75, 3.05) is 18.0 Å². The van der Waals surface area contributed by atoms with E-state index in [0.29, 0.717) is 18.7 Å². The van der Waals surface area contributed by atoms with Gasteiger partial charge < -0.3 is 10.0 Å². The molecule has 0 aromatic heterocycles. The first-order chi connectivity index (χ1) is 7.99. The van der Waals surface area contributed by atoms with Crippen LogP contribution in [0.25, 0.3) is 0 Å². The number of halogens is 3. The van der Waals surface area contributed by atoms with E-state index in [1.54, 1.807) is 4.90 Å². The van der Waals surface area contributed by atoms with Crippen LogP contribution in [0.3, 0.4) is 0 Å². The fourth-order valence-electron chi connectivity index (χ4n) is 1.92. The number of anilines is 1. The Bertz CT molecular complexity index is 444. The van der Waals surface area contributed by atoms with Crippen molar-refractivity contribution in [2.24, 2.45) is 5.92 Å². The predicted octanol–water partition coefficient (Wildman–Crippen LogP) is 2.64. The normalized spacial score (nSPS) is 19.7. The molecular weight excluding hydrogens is 296 g/mol. The first-order valence-corrected chi connectivity index (χ1v) is 5.90. The molecule has 1 aromatic carbocycles. The van der Waals surface area contributed by atoms with Crippen molar-refractivity contribution in [3.8, 4) is 0 Å². The van der Waals surface area contributed by atoms with Crippen LogP contribution in [0.15, 0.2) is 16.6 Å². The molecule has 1 heterocycles. The molecule has 1 atom stereocenters. The van der Waals surface area contributed by atoms with Crippen LogP contribution in [0.2, 0.25) is 0 Å². The molecule has 0 spiro atoms. The number of hydrogen-bond acceptors (Lipinski definition) is 2. The lowest BCUT2D eigenvalue weighted by molar-refractivity contribution is -0.140. The first-order valence-electron chi connectivity index (χ1n) is 5.11. The summed E-state index contributed by atoms with van der Waals surface area (Å²) in [7, 11) is 0. The molecular formula is C11H10BrF2NO2. The number of rotatable bonds is 2. The van der Waals surface area contributed by atoms with E-state index in [0.717, 1.165) is 0 Å². The molecule has 0 amide bonds. The van der Waals surface area contributed by atoms with E-state index in [1.807, 2.05) is 0 Å². The SMILES string of the molecule is O=C(O)[C@@H]1CCN(c2cc(F)c(Br)c(F)c2)C1. The van der Waals surface area contributed by atoms with Crippen LogP contribution in [-0.4, -0.2) is 24.2 Å². The topological polar surface area (TPSA) is 40.5 Å². The lowest BCUT2D eigenvalue weighted by Crippen LogP contribution is -2.22. The third-order valence-electron chi connectivity index (χ3n) is 2.87. The minimum Gasteiger partial charge on any atom is -0.481 e. The Hall–Kier alpha value is -1.17. The molecule has 17 heavy (non-hydrogen) atoms. The van der Waals surface area contributed by atoms with Crippen molar-refractivity contribution < 1.29 is 18.7 Å². The summed E-state index contributed by atoms with van der Waals surface area (Å²) in [4.78, 5) is 12.5. The molecule has 2 rings (SSSR count). The maximum Gasteiger partial charge on any atom is 0.308 e. The van der Waals surface area contributed by atoms with Gasteiger partial charge in [-0.3, -0.25) is 4.79 Å². The van der Waals surface area contributed by atoms with Crippen LogP contribution in [0.4, 0.5) is 14.5 Å². The molecule has 0 aliphatic carbocycles. The van der Waals surface area contributed by atoms with E-state index in [4.69, 9.17) is 5.11 Å². The fourth-order valence-corrected chi connectivity index (χ4v) is 2.15. The zero-order valence-electron chi connectivity index (χ0n) is 8.79. The number of nitrogens with zero attached hydrogens (tertiary/aromatic N) is 1. The third kappa shape index (κ3) is 2.41. The summed E-state index contributed by atoms with van der Waals surface area (Å²) in [5.74, 6) is -2.70. The molecule has 0 saturated carbocycles. The fraction of sp³-hybridized carbons (Fsp3) is 0.364. The van der Waals surface area contributed by atoms with Crippen LogP contribution in [-0.2, 0) is 4.79 Å². The van der Waals surface area contributed by atoms with E-state index in [2.05, 4.69) is 15.9 Å². The molecule has 1 aliphatic heterocycles. The van der Waals surface area contributed by atoms with Gasteiger partial charge in [0.2, 0.25) is 0 Å². The van der Waals surface area contributed by atoms with Crippen molar-refractivity contribution in [1.82, 2.24) is 0 Å². The van der Waals surface area contributed by atoms with Crippen LogP contribution >= 0.6 is 15.9 Å². The number of carboxylic acids is 1. The van der Waals surface area contributed by atoms with Crippen LogP contribution in [0.1, 0.15) is 6.42 Å². The van der Waals surface area contributed by atoms with E-state index in [-0.39, 0.29) is 11.0 Å². The molecule has 6 heteroatoms. The largest absolute Gasteiger partial charge is 0.481 e. The zero-order valence-corrected chi connectivity index (χ0v) is 10.4. The predicted molar refractivity (Wildman–Crippen MR) is 62.0 cm³/mol. The maximum atomic E-state index is 13.3. The number of hydrogen-bond donors (Lipinski definition) is 1. The van der Waals surface area contributed by atoms with Gasteiger partial charge in [0.15, 0.2) is 0 Å². The Labute approximate surface area is 105 Å². The summed E-state index contributed by atoms with van der Waals surface area (Å²) in [6, 6.07) is 2.41. The molecule has 1 saturated heterocycles. The monoisotopic (exact) mass is 305 g/mol. The van der Waals surface area contributed by atoms with E-state index in [1.165, 1.54) is 12.1 Å². The highest BCUT2D eigenvalue weighted by molar-refractivity contribution is 9.10. The van der Waals surface area contributed by atoms with Gasteiger partial charge in [0, 0.05) is 18.8 Å². The molecule has 0 radical (unpaired) electrons. The highest BCUT2D eigenvalue weighted by atomic mass is 79.9. The van der Waals surface area contributed by atoms with Crippen LogP contribution < -0.4 is 4.90 Å². The van der Waals surface area contributed by atoms with Crippen molar-refractivity contribution >= 4 is 27.6 Å². The summed E-state index contributed by atoms with van der Waals surface area (Å²) < 4.78 is 26.4. The van der Waals surface area contributed by atoms with Gasteiger partial charge in [0.05, 0.1) is 10.4 Å². The van der Waals surface area contributed by atoms with Crippen LogP contribution in [0, 0.1) is 17.6 Å². The summed E-state index contributed by atoms with van der Waals surface area (Å²) >= 11 is 2.79. The third-order valence-corrected chi connectivity index (χ3v) is 3.63. The Kier molecular flexibility index (Phi) is 3.33. The number of carboxylic acid groups (broad SMARTS) is 1. The van der Waals surface area contributed by atoms with Gasteiger partial charge in [-0.2, -0.15) is 0 Å². The minimum absolute atomic E-state index is 0.199. The van der Waals surface area contributed by atoms with Crippen molar-refractivity contribution in [2.45, 2.75) is 6.42 Å². The Morgan fingerprint density at radius 2 is 2.00 bits per heavy atom. The number of aliphatic carboxylic acids is 1. The van der Waals surface area contributed by atoms with Gasteiger partial charge in [0.25, 0.3) is 0 Å². The summed E-state index contributed by atoms with van der Waals surface area (Å²) in [5.41, 5.74) is 0.381. The Balaban J connectivity index is 2.22. The van der Waals surface area contributed by atoms with Gasteiger partial charge in [-0.1, -0.05) is 0 Å². The Morgan fingerprint density at radius 3 is 2.47 bits per heavy atom. The molecule has 3 nitrogen and oxygen atoms in total. The second kappa shape index (κ2) is 4.60. The van der Waals surface area contributed by atoms with Crippen molar-refractivity contribution in [1.29, 1.82) is 0 Å². The average molecular weight is 306 g/mol. The molecule has 92 valence electrons. The van der Waals surface area contributed by atoms with Gasteiger partial charge in [-0.15, -0.1) is 0 Å². The second-order valence-electron chi connectivity index (χ2n) is 3.99. The lowest BCUT2D eigenvalue weighted by atomic mass is 10.1. The summed E-state index contributed by atoms with van der Waals surface area (Å²) in [6.45, 7) is 0.785. The van der Waals surface area contributed by atoms with Gasteiger partial charge >= 0.3 is 5.97 Å². The van der Waals surface area contributed by atoms with Crippen molar-refractivity contribution in [3.63, 3.8) is 0 Å². The van der Waals surface area contributed by atoms with Crippen LogP contribution in [0.5, 0.6) is 0 Å². The van der Waals surface area contributed by atoms with E-state index in [9.17, 15) is 13.6 Å². The molecule has 1 fully saturated rings. The number of carbonyl (C=O) groups is 1. The highest BCUT2D eigenvalue weighted by Crippen LogP contribution is 2.29. The van der Waals surface area contributed by atoms with Crippen molar-refractivity contribution in [3.05, 3.63) is 28.2 Å². The Morgan fingerprint density at radius 1 is 1.41 bits per heavy atom. The van der Waals surface area contributed by atoms with Gasteiger partial charge in [0.1, 0.15) is 11.6 Å². The summed E-state index contributed by atoms with van der Waals surface area (Å²) in [5, 5.41) is 8.85. The molecule has 1 aliphatic rings. The lowest BCUT2D eigenvalue weighted by Gasteiger charge is -2.18.